The van der Waals surface area contributed by atoms with Crippen molar-refractivity contribution >= 4 is 24.2 Å². The quantitative estimate of drug-likeness (QED) is 0.0268. The van der Waals surface area contributed by atoms with Gasteiger partial charge in [-0.2, -0.15) is 0 Å². The van der Waals surface area contributed by atoms with Gasteiger partial charge in [0.1, 0.15) is 32.5 Å². The highest BCUT2D eigenvalue weighted by molar-refractivity contribution is 5.69. The fraction of sp³-hybridized carbons (Fsp3) is 0.852. The number of nitrogens with zero attached hydrogens (tertiary/aromatic N) is 1. The fourth-order valence-corrected chi connectivity index (χ4v) is 7.40. The topological polar surface area (TPSA) is 147 Å². The molecule has 1 unspecified atom stereocenters. The van der Waals surface area contributed by atoms with Crippen LogP contribution in [0.2, 0.25) is 0 Å². The third kappa shape index (κ3) is 46.0. The Labute approximate surface area is 403 Å². The Morgan fingerprint density at radius 3 is 1.47 bits per heavy atom. The summed E-state index contributed by atoms with van der Waals surface area (Å²) in [4.78, 5) is 51.9. The number of aliphatic hydroxyl groups excluding tert-OH is 1. The van der Waals surface area contributed by atoms with Crippen LogP contribution in [-0.4, -0.2) is 100 Å². The number of aliphatic hydroxyl groups is 1. The van der Waals surface area contributed by atoms with Crippen LogP contribution in [0.25, 0.3) is 0 Å². The highest BCUT2D eigenvalue weighted by Crippen LogP contribution is 2.19. The zero-order chi connectivity index (χ0) is 48.4. The minimum Gasteiger partial charge on any atom is -0.465 e. The average Bonchev–Trinajstić information content (AvgIpc) is 3.30. The smallest absolute Gasteiger partial charge is 0.465 e. The summed E-state index contributed by atoms with van der Waals surface area (Å²) in [5.74, 6) is -1.14. The molecule has 1 atom stereocenters. The third-order valence-corrected chi connectivity index (χ3v) is 11.7. The van der Waals surface area contributed by atoms with Gasteiger partial charge in [0.05, 0.1) is 19.1 Å². The summed E-state index contributed by atoms with van der Waals surface area (Å²) in [7, 11) is 1.80. The number of allylic oxidation sites excluding steroid dienone is 4. The molecule has 0 bridgehead atoms. The summed E-state index contributed by atoms with van der Waals surface area (Å²) in [5, 5.41) is 9.06. The van der Waals surface area contributed by atoms with Crippen LogP contribution in [-0.2, 0) is 38.0 Å². The lowest BCUT2D eigenvalue weighted by molar-refractivity contribution is -0.150. The van der Waals surface area contributed by atoms with E-state index in [1.807, 2.05) is 4.90 Å². The first-order valence-corrected chi connectivity index (χ1v) is 26.8. The molecule has 12 nitrogen and oxygen atoms in total. The van der Waals surface area contributed by atoms with Crippen molar-refractivity contribution in [2.75, 3.05) is 59.8 Å². The molecular formula is C54H99NO11. The van der Waals surface area contributed by atoms with Crippen LogP contribution in [0.5, 0.6) is 0 Å². The SMILES string of the molecule is CCCCC/C=C\C/C=C\CCCCCCCCOC(=O)OCC(COC(=O)CCCCCCC(=O)OC(CCCCCCCC)CCCCCCCC)COC(=O)OCCN(C)CCO. The molecule has 0 amide bonds. The van der Waals surface area contributed by atoms with Crippen molar-refractivity contribution in [1.82, 2.24) is 4.90 Å². The van der Waals surface area contributed by atoms with Gasteiger partial charge in [0.25, 0.3) is 0 Å². The Bertz CT molecular complexity index is 1160. The van der Waals surface area contributed by atoms with Crippen LogP contribution >= 0.6 is 0 Å². The van der Waals surface area contributed by atoms with Crippen molar-refractivity contribution in [2.45, 2.75) is 232 Å². The fourth-order valence-electron chi connectivity index (χ4n) is 7.40. The van der Waals surface area contributed by atoms with Gasteiger partial charge in [-0.05, 0) is 84.1 Å². The number of likely N-dealkylation sites (N-methyl/N-ethyl adjacent to an activating group) is 1. The van der Waals surface area contributed by atoms with E-state index < -0.39 is 24.2 Å². The Balaban J connectivity index is 4.57. The Hall–Kier alpha value is -3.12. The van der Waals surface area contributed by atoms with E-state index in [4.69, 9.17) is 33.5 Å². The van der Waals surface area contributed by atoms with Crippen LogP contribution in [0, 0.1) is 5.92 Å². The van der Waals surface area contributed by atoms with Gasteiger partial charge in [0, 0.05) is 25.9 Å². The van der Waals surface area contributed by atoms with Crippen LogP contribution in [0.3, 0.4) is 0 Å². The van der Waals surface area contributed by atoms with Gasteiger partial charge in [-0.25, -0.2) is 9.59 Å². The molecular weight excluding hydrogens is 839 g/mol. The summed E-state index contributed by atoms with van der Waals surface area (Å²) < 4.78 is 32.4. The number of rotatable bonds is 48. The van der Waals surface area contributed by atoms with E-state index in [9.17, 15) is 19.2 Å². The molecule has 0 heterocycles. The molecule has 0 aliphatic rings. The molecule has 0 spiro atoms. The minimum absolute atomic E-state index is 0.00428. The lowest BCUT2D eigenvalue weighted by Gasteiger charge is -2.18. The second-order valence-electron chi connectivity index (χ2n) is 18.1. The van der Waals surface area contributed by atoms with Gasteiger partial charge in [0.15, 0.2) is 0 Å². The van der Waals surface area contributed by atoms with Gasteiger partial charge in [-0.1, -0.05) is 161 Å². The monoisotopic (exact) mass is 938 g/mol. The van der Waals surface area contributed by atoms with Gasteiger partial charge in [0.2, 0.25) is 0 Å². The van der Waals surface area contributed by atoms with Crippen LogP contribution in [0.15, 0.2) is 24.3 Å². The third-order valence-electron chi connectivity index (χ3n) is 11.7. The van der Waals surface area contributed by atoms with E-state index in [0.29, 0.717) is 32.4 Å². The van der Waals surface area contributed by atoms with Crippen molar-refractivity contribution in [3.63, 3.8) is 0 Å². The predicted octanol–water partition coefficient (Wildman–Crippen LogP) is 13.9. The van der Waals surface area contributed by atoms with Gasteiger partial charge >= 0.3 is 24.2 Å². The second-order valence-corrected chi connectivity index (χ2v) is 18.1. The minimum atomic E-state index is -0.890. The lowest BCUT2D eigenvalue weighted by atomic mass is 10.0. The lowest BCUT2D eigenvalue weighted by Crippen LogP contribution is -2.29. The molecule has 0 radical (unpaired) electrons. The molecule has 66 heavy (non-hydrogen) atoms. The first-order valence-electron chi connectivity index (χ1n) is 26.8. The second kappa shape index (κ2) is 49.8. The molecule has 0 saturated carbocycles. The number of carbonyl (C=O) groups excluding carboxylic acids is 4. The number of esters is 2. The molecule has 0 aliphatic carbocycles. The van der Waals surface area contributed by atoms with E-state index in [2.05, 4.69) is 45.1 Å². The maximum atomic E-state index is 12.8. The number of ether oxygens (including phenoxy) is 6. The molecule has 0 rings (SSSR count). The van der Waals surface area contributed by atoms with Crippen LogP contribution in [0.1, 0.15) is 226 Å². The highest BCUT2D eigenvalue weighted by atomic mass is 16.7. The zero-order valence-corrected chi connectivity index (χ0v) is 42.7. The average molecular weight is 938 g/mol. The van der Waals surface area contributed by atoms with Gasteiger partial charge in [-0.3, -0.25) is 9.59 Å². The maximum absolute atomic E-state index is 12.8. The summed E-state index contributed by atoms with van der Waals surface area (Å²) >= 11 is 0. The Morgan fingerprint density at radius 1 is 0.470 bits per heavy atom. The van der Waals surface area contributed by atoms with Crippen LogP contribution in [0.4, 0.5) is 9.59 Å². The zero-order valence-electron chi connectivity index (χ0n) is 42.7. The molecule has 0 fully saturated rings. The number of unbranched alkanes of at least 4 members (excludes halogenated alkanes) is 22. The molecule has 386 valence electrons. The molecule has 0 aromatic rings. The molecule has 0 saturated heterocycles. The molecule has 0 aromatic heterocycles. The normalized spacial score (nSPS) is 12.0. The number of hydrogen-bond donors (Lipinski definition) is 1. The Morgan fingerprint density at radius 2 is 0.909 bits per heavy atom. The van der Waals surface area contributed by atoms with Crippen LogP contribution < -0.4 is 0 Å². The van der Waals surface area contributed by atoms with E-state index in [1.54, 1.807) is 7.05 Å². The van der Waals surface area contributed by atoms with Gasteiger partial charge < -0.3 is 38.4 Å². The maximum Gasteiger partial charge on any atom is 0.508 e. The number of carbonyl (C=O) groups is 4. The van der Waals surface area contributed by atoms with E-state index in [1.165, 1.54) is 103 Å². The van der Waals surface area contributed by atoms with Crippen molar-refractivity contribution in [3.05, 3.63) is 24.3 Å². The summed E-state index contributed by atoms with van der Waals surface area (Å²) in [6, 6.07) is 0. The van der Waals surface area contributed by atoms with Crippen molar-refractivity contribution < 1.29 is 52.7 Å². The molecule has 0 aromatic carbocycles. The Kier molecular flexibility index (Phi) is 47.4. The number of hydrogen-bond acceptors (Lipinski definition) is 12. The summed E-state index contributed by atoms with van der Waals surface area (Å²) in [6.45, 7) is 7.40. The first-order chi connectivity index (χ1) is 32.2. The standard InChI is InChI=1S/C54H99NO11/c1-5-8-11-14-17-18-19-20-21-22-23-24-25-26-31-36-44-61-53(59)64-47-49(48-65-54(60)62-45-42-55(4)41-43-56)46-63-51(57)39-34-29-30-35-40-52(58)66-50(37-32-27-15-12-9-6-2)38-33-28-16-13-10-7-3/h17-18,20-21,49-50,56H,5-16,19,22-48H2,1-4H3/b18-17-,21-20-. The molecule has 0 aliphatic heterocycles. The largest absolute Gasteiger partial charge is 0.508 e. The predicted molar refractivity (Wildman–Crippen MR) is 267 cm³/mol. The molecule has 1 N–H and O–H groups in total. The van der Waals surface area contributed by atoms with E-state index in [-0.39, 0.29) is 58.1 Å². The van der Waals surface area contributed by atoms with Crippen molar-refractivity contribution in [2.24, 2.45) is 5.92 Å². The summed E-state index contributed by atoms with van der Waals surface area (Å²) in [6.07, 6.45) is 40.9. The van der Waals surface area contributed by atoms with E-state index >= 15 is 0 Å². The van der Waals surface area contributed by atoms with Crippen molar-refractivity contribution in [1.29, 1.82) is 0 Å². The summed E-state index contributed by atoms with van der Waals surface area (Å²) in [5.41, 5.74) is 0. The van der Waals surface area contributed by atoms with Crippen molar-refractivity contribution in [3.8, 4) is 0 Å². The van der Waals surface area contributed by atoms with Gasteiger partial charge in [-0.15, -0.1) is 0 Å². The highest BCUT2D eigenvalue weighted by Gasteiger charge is 2.19. The first kappa shape index (κ1) is 62.9. The van der Waals surface area contributed by atoms with E-state index in [0.717, 1.165) is 77.0 Å². The molecule has 12 heteroatoms.